The average Bonchev–Trinajstić information content (AvgIpc) is 2.45. The number of hydrogen-bond acceptors (Lipinski definition) is 2. The quantitative estimate of drug-likeness (QED) is 0.906. The zero-order valence-corrected chi connectivity index (χ0v) is 11.8. The van der Waals surface area contributed by atoms with E-state index in [9.17, 15) is 4.79 Å². The maximum atomic E-state index is 11.7. The van der Waals surface area contributed by atoms with Gasteiger partial charge >= 0.3 is 0 Å². The van der Waals surface area contributed by atoms with Gasteiger partial charge < -0.3 is 10.1 Å². The first-order valence-corrected chi connectivity index (χ1v) is 6.66. The number of rotatable bonds is 5. The SMILES string of the molecule is Cc1ccc(OCC(=O)NCc2ccccc2)c(C)c1. The summed E-state index contributed by atoms with van der Waals surface area (Å²) in [6, 6.07) is 15.7. The van der Waals surface area contributed by atoms with Crippen molar-refractivity contribution < 1.29 is 9.53 Å². The van der Waals surface area contributed by atoms with Gasteiger partial charge in [0.1, 0.15) is 5.75 Å². The van der Waals surface area contributed by atoms with E-state index < -0.39 is 0 Å². The molecule has 0 fully saturated rings. The van der Waals surface area contributed by atoms with Crippen molar-refractivity contribution in [2.24, 2.45) is 0 Å². The highest BCUT2D eigenvalue weighted by Gasteiger charge is 2.04. The van der Waals surface area contributed by atoms with Gasteiger partial charge in [-0.25, -0.2) is 0 Å². The van der Waals surface area contributed by atoms with Gasteiger partial charge in [0, 0.05) is 6.54 Å². The van der Waals surface area contributed by atoms with Crippen molar-refractivity contribution in [3.63, 3.8) is 0 Å². The Morgan fingerprint density at radius 3 is 2.55 bits per heavy atom. The van der Waals surface area contributed by atoms with Crippen LogP contribution < -0.4 is 10.1 Å². The maximum Gasteiger partial charge on any atom is 0.258 e. The van der Waals surface area contributed by atoms with Crippen molar-refractivity contribution in [3.05, 3.63) is 65.2 Å². The van der Waals surface area contributed by atoms with E-state index in [1.807, 2.05) is 62.4 Å². The molecular weight excluding hydrogens is 250 g/mol. The fourth-order valence-electron chi connectivity index (χ4n) is 1.95. The van der Waals surface area contributed by atoms with Gasteiger partial charge in [-0.3, -0.25) is 4.79 Å². The lowest BCUT2D eigenvalue weighted by atomic mass is 10.1. The van der Waals surface area contributed by atoms with E-state index in [1.54, 1.807) is 0 Å². The molecule has 0 heterocycles. The van der Waals surface area contributed by atoms with Gasteiger partial charge in [-0.1, -0.05) is 48.0 Å². The molecule has 0 atom stereocenters. The van der Waals surface area contributed by atoms with E-state index in [1.165, 1.54) is 5.56 Å². The predicted octanol–water partition coefficient (Wildman–Crippen LogP) is 3.00. The van der Waals surface area contributed by atoms with E-state index >= 15 is 0 Å². The second kappa shape index (κ2) is 6.75. The van der Waals surface area contributed by atoms with Gasteiger partial charge in [-0.15, -0.1) is 0 Å². The molecule has 0 bridgehead atoms. The van der Waals surface area contributed by atoms with Crippen molar-refractivity contribution in [3.8, 4) is 5.75 Å². The molecular formula is C17H19NO2. The lowest BCUT2D eigenvalue weighted by molar-refractivity contribution is -0.123. The summed E-state index contributed by atoms with van der Waals surface area (Å²) >= 11 is 0. The van der Waals surface area contributed by atoms with E-state index in [-0.39, 0.29) is 12.5 Å². The minimum absolute atomic E-state index is 0.0384. The molecule has 2 aromatic rings. The molecule has 0 radical (unpaired) electrons. The lowest BCUT2D eigenvalue weighted by Crippen LogP contribution is -2.28. The van der Waals surface area contributed by atoms with E-state index in [0.717, 1.165) is 16.9 Å². The van der Waals surface area contributed by atoms with Crippen LogP contribution in [0.4, 0.5) is 0 Å². The standard InChI is InChI=1S/C17H19NO2/c1-13-8-9-16(14(2)10-13)20-12-17(19)18-11-15-6-4-3-5-7-15/h3-10H,11-12H2,1-2H3,(H,18,19). The third-order valence-electron chi connectivity index (χ3n) is 3.02. The first kappa shape index (κ1) is 14.1. The van der Waals surface area contributed by atoms with Crippen LogP contribution in [-0.2, 0) is 11.3 Å². The minimum Gasteiger partial charge on any atom is -0.484 e. The number of ether oxygens (including phenoxy) is 1. The second-order valence-electron chi connectivity index (χ2n) is 4.82. The first-order valence-electron chi connectivity index (χ1n) is 6.66. The van der Waals surface area contributed by atoms with Crippen LogP contribution in [0.15, 0.2) is 48.5 Å². The van der Waals surface area contributed by atoms with Gasteiger partial charge in [-0.05, 0) is 31.0 Å². The molecule has 0 aliphatic rings. The van der Waals surface area contributed by atoms with Crippen LogP contribution in [0.3, 0.4) is 0 Å². The Bertz CT molecular complexity index is 579. The van der Waals surface area contributed by atoms with Gasteiger partial charge in [0.05, 0.1) is 0 Å². The summed E-state index contributed by atoms with van der Waals surface area (Å²) in [5.41, 5.74) is 3.30. The van der Waals surface area contributed by atoms with Crippen LogP contribution in [0.5, 0.6) is 5.75 Å². The molecule has 0 saturated carbocycles. The predicted molar refractivity (Wildman–Crippen MR) is 79.7 cm³/mol. The molecule has 2 rings (SSSR count). The number of amides is 1. The first-order chi connectivity index (χ1) is 9.65. The number of carbonyl (C=O) groups excluding carboxylic acids is 1. The van der Waals surface area contributed by atoms with Gasteiger partial charge in [0.15, 0.2) is 6.61 Å². The number of carbonyl (C=O) groups is 1. The molecule has 3 heteroatoms. The molecule has 0 aliphatic carbocycles. The molecule has 20 heavy (non-hydrogen) atoms. The third kappa shape index (κ3) is 4.12. The van der Waals surface area contributed by atoms with E-state index in [2.05, 4.69) is 5.32 Å². The van der Waals surface area contributed by atoms with Gasteiger partial charge in [0.2, 0.25) is 0 Å². The average molecular weight is 269 g/mol. The summed E-state index contributed by atoms with van der Waals surface area (Å²) in [5, 5.41) is 2.84. The molecule has 2 aromatic carbocycles. The molecule has 0 aliphatic heterocycles. The fourth-order valence-corrected chi connectivity index (χ4v) is 1.95. The summed E-state index contributed by atoms with van der Waals surface area (Å²) < 4.78 is 5.53. The van der Waals surface area contributed by atoms with Crippen LogP contribution in [0, 0.1) is 13.8 Å². The van der Waals surface area contributed by atoms with Gasteiger partial charge in [-0.2, -0.15) is 0 Å². The highest BCUT2D eigenvalue weighted by atomic mass is 16.5. The topological polar surface area (TPSA) is 38.3 Å². The Balaban J connectivity index is 1.80. The Hall–Kier alpha value is -2.29. The van der Waals surface area contributed by atoms with Crippen LogP contribution in [0.25, 0.3) is 0 Å². The van der Waals surface area contributed by atoms with Gasteiger partial charge in [0.25, 0.3) is 5.91 Å². The molecule has 1 N–H and O–H groups in total. The molecule has 104 valence electrons. The van der Waals surface area contributed by atoms with Crippen LogP contribution in [0.1, 0.15) is 16.7 Å². The molecule has 1 amide bonds. The molecule has 0 saturated heterocycles. The van der Waals surface area contributed by atoms with E-state index in [0.29, 0.717) is 6.54 Å². The maximum absolute atomic E-state index is 11.7. The monoisotopic (exact) mass is 269 g/mol. The number of aryl methyl sites for hydroxylation is 2. The summed E-state index contributed by atoms with van der Waals surface area (Å²) in [7, 11) is 0. The normalized spacial score (nSPS) is 10.1. The van der Waals surface area contributed by atoms with Crippen molar-refractivity contribution >= 4 is 5.91 Å². The highest BCUT2D eigenvalue weighted by Crippen LogP contribution is 2.18. The fraction of sp³-hybridized carbons (Fsp3) is 0.235. The van der Waals surface area contributed by atoms with Crippen LogP contribution in [-0.4, -0.2) is 12.5 Å². The highest BCUT2D eigenvalue weighted by molar-refractivity contribution is 5.77. The third-order valence-corrected chi connectivity index (χ3v) is 3.02. The summed E-state index contributed by atoms with van der Waals surface area (Å²) in [5.74, 6) is 0.638. The minimum atomic E-state index is -0.117. The van der Waals surface area contributed by atoms with Crippen molar-refractivity contribution in [2.75, 3.05) is 6.61 Å². The number of nitrogens with one attached hydrogen (secondary N) is 1. The van der Waals surface area contributed by atoms with Crippen molar-refractivity contribution in [1.82, 2.24) is 5.32 Å². The lowest BCUT2D eigenvalue weighted by Gasteiger charge is -2.10. The molecule has 0 unspecified atom stereocenters. The van der Waals surface area contributed by atoms with Crippen LogP contribution >= 0.6 is 0 Å². The molecule has 3 nitrogen and oxygen atoms in total. The number of hydrogen-bond donors (Lipinski definition) is 1. The van der Waals surface area contributed by atoms with Crippen molar-refractivity contribution in [2.45, 2.75) is 20.4 Å². The molecule has 0 spiro atoms. The Morgan fingerprint density at radius 1 is 1.10 bits per heavy atom. The molecule has 0 aromatic heterocycles. The Kier molecular flexibility index (Phi) is 4.77. The smallest absolute Gasteiger partial charge is 0.258 e. The number of benzene rings is 2. The van der Waals surface area contributed by atoms with Crippen molar-refractivity contribution in [1.29, 1.82) is 0 Å². The zero-order chi connectivity index (χ0) is 14.4. The second-order valence-corrected chi connectivity index (χ2v) is 4.82. The zero-order valence-electron chi connectivity index (χ0n) is 11.8. The summed E-state index contributed by atoms with van der Waals surface area (Å²) in [6.07, 6.45) is 0. The van der Waals surface area contributed by atoms with E-state index in [4.69, 9.17) is 4.74 Å². The van der Waals surface area contributed by atoms with Crippen LogP contribution in [0.2, 0.25) is 0 Å². The summed E-state index contributed by atoms with van der Waals surface area (Å²) in [4.78, 5) is 11.7. The summed E-state index contributed by atoms with van der Waals surface area (Å²) in [6.45, 7) is 4.57. The Morgan fingerprint density at radius 2 is 1.85 bits per heavy atom. The largest absolute Gasteiger partial charge is 0.484 e. The Labute approximate surface area is 119 Å².